The van der Waals surface area contributed by atoms with Crippen molar-refractivity contribution in [1.29, 1.82) is 0 Å². The summed E-state index contributed by atoms with van der Waals surface area (Å²) < 4.78 is 0. The molecule has 0 heterocycles. The molecule has 0 aliphatic rings. The first-order valence-electron chi connectivity index (χ1n) is 7.41. The van der Waals surface area contributed by atoms with Crippen molar-refractivity contribution in [2.24, 2.45) is 0 Å². The first-order valence-corrected chi connectivity index (χ1v) is 7.41. The van der Waals surface area contributed by atoms with Crippen molar-refractivity contribution in [2.45, 2.75) is 78.6 Å². The molecule has 0 rings (SSSR count). The third-order valence-corrected chi connectivity index (χ3v) is 2.20. The standard InChI is InChI=1S/3C5H10O2.Eu/c3*1-2-3-4-5(6)7;/h3*2-4H2,1H3,(H,6,7);/q;;;+3/p-3. The second kappa shape index (κ2) is 25.9. The Bertz CT molecular complexity index is 226. The van der Waals surface area contributed by atoms with Gasteiger partial charge in [0.25, 0.3) is 0 Å². The molecule has 7 heteroatoms. The molecular weight excluding hydrogens is 428 g/mol. The van der Waals surface area contributed by atoms with Gasteiger partial charge in [0.05, 0.1) is 0 Å². The summed E-state index contributed by atoms with van der Waals surface area (Å²) in [6, 6.07) is 0. The second-order valence-corrected chi connectivity index (χ2v) is 4.43. The first kappa shape index (κ1) is 29.9. The summed E-state index contributed by atoms with van der Waals surface area (Å²) in [6.07, 6.45) is 5.60. The molecule has 0 fully saturated rings. The van der Waals surface area contributed by atoms with Crippen molar-refractivity contribution in [3.63, 3.8) is 0 Å². The van der Waals surface area contributed by atoms with Crippen LogP contribution in [-0.2, 0) is 14.4 Å². The van der Waals surface area contributed by atoms with E-state index in [4.69, 9.17) is 0 Å². The molecule has 0 aromatic rings. The normalized spacial score (nSPS) is 8.32. The zero-order valence-corrected chi connectivity index (χ0v) is 16.1. The van der Waals surface area contributed by atoms with Gasteiger partial charge in [0.1, 0.15) is 0 Å². The van der Waals surface area contributed by atoms with Crippen LogP contribution < -0.4 is 15.3 Å². The second-order valence-electron chi connectivity index (χ2n) is 4.43. The average Bonchev–Trinajstić information content (AvgIpc) is 2.41. The van der Waals surface area contributed by atoms with Crippen molar-refractivity contribution in [2.75, 3.05) is 0 Å². The molecule has 22 heavy (non-hydrogen) atoms. The van der Waals surface area contributed by atoms with Crippen LogP contribution in [-0.4, -0.2) is 17.9 Å². The van der Waals surface area contributed by atoms with Gasteiger partial charge in [-0.25, -0.2) is 0 Å². The van der Waals surface area contributed by atoms with E-state index in [1.165, 1.54) is 0 Å². The number of carboxylic acid groups (broad SMARTS) is 3. The third-order valence-electron chi connectivity index (χ3n) is 2.20. The Labute approximate surface area is 174 Å². The Morgan fingerprint density at radius 3 is 0.818 bits per heavy atom. The fourth-order valence-corrected chi connectivity index (χ4v) is 0.963. The molecule has 0 aliphatic carbocycles. The van der Waals surface area contributed by atoms with Gasteiger partial charge in [-0.05, 0) is 38.5 Å². The van der Waals surface area contributed by atoms with Crippen molar-refractivity contribution in [3.8, 4) is 0 Å². The summed E-state index contributed by atoms with van der Waals surface area (Å²) in [7, 11) is 0. The minimum absolute atomic E-state index is 0. The van der Waals surface area contributed by atoms with Gasteiger partial charge in [-0.3, -0.25) is 0 Å². The van der Waals surface area contributed by atoms with E-state index in [2.05, 4.69) is 0 Å². The largest absolute Gasteiger partial charge is 3.00 e. The fourth-order valence-electron chi connectivity index (χ4n) is 0.963. The molecule has 0 saturated carbocycles. The van der Waals surface area contributed by atoms with Crippen molar-refractivity contribution >= 4 is 17.9 Å². The summed E-state index contributed by atoms with van der Waals surface area (Å²) in [5.41, 5.74) is 0. The van der Waals surface area contributed by atoms with E-state index in [0.717, 1.165) is 38.5 Å². The molecule has 130 valence electrons. The van der Waals surface area contributed by atoms with E-state index in [0.29, 0.717) is 0 Å². The zero-order valence-electron chi connectivity index (χ0n) is 13.7. The van der Waals surface area contributed by atoms with E-state index in [1.54, 1.807) is 0 Å². The minimum atomic E-state index is -0.943. The Kier molecular flexibility index (Phi) is 35.3. The zero-order chi connectivity index (χ0) is 17.1. The number of aliphatic carboxylic acids is 3. The van der Waals surface area contributed by atoms with Gasteiger partial charge >= 0.3 is 49.4 Å². The Balaban J connectivity index is -0.000000108. The van der Waals surface area contributed by atoms with Crippen molar-refractivity contribution < 1.29 is 79.1 Å². The molecule has 6 nitrogen and oxygen atoms in total. The topological polar surface area (TPSA) is 120 Å². The van der Waals surface area contributed by atoms with Gasteiger partial charge in [-0.2, -0.15) is 0 Å². The first-order chi connectivity index (χ1) is 9.81. The maximum absolute atomic E-state index is 9.65. The monoisotopic (exact) mass is 456 g/mol. The molecule has 0 bridgehead atoms. The predicted octanol–water partition coefficient (Wildman–Crippen LogP) is -0.220. The van der Waals surface area contributed by atoms with Crippen LogP contribution in [0.15, 0.2) is 0 Å². The third kappa shape index (κ3) is 50.1. The maximum atomic E-state index is 9.65. The molecule has 0 atom stereocenters. The van der Waals surface area contributed by atoms with E-state index < -0.39 is 17.9 Å². The van der Waals surface area contributed by atoms with Crippen LogP contribution in [0.4, 0.5) is 0 Å². The number of unbranched alkanes of at least 4 members (excludes halogenated alkanes) is 3. The van der Waals surface area contributed by atoms with Gasteiger partial charge in [-0.1, -0.05) is 40.0 Å². The molecule has 0 aromatic heterocycles. The van der Waals surface area contributed by atoms with Crippen LogP contribution in [0.3, 0.4) is 0 Å². The number of hydrogen-bond donors (Lipinski definition) is 0. The molecule has 0 aliphatic heterocycles. The number of carbonyl (C=O) groups excluding carboxylic acids is 3. The molecule has 0 saturated heterocycles. The van der Waals surface area contributed by atoms with Gasteiger partial charge in [-0.15, -0.1) is 0 Å². The smallest absolute Gasteiger partial charge is 0.550 e. The quantitative estimate of drug-likeness (QED) is 0.474. The molecule has 0 N–H and O–H groups in total. The summed E-state index contributed by atoms with van der Waals surface area (Å²) >= 11 is 0. The van der Waals surface area contributed by atoms with E-state index in [1.807, 2.05) is 20.8 Å². The van der Waals surface area contributed by atoms with Gasteiger partial charge in [0.2, 0.25) is 0 Å². The minimum Gasteiger partial charge on any atom is -0.550 e. The van der Waals surface area contributed by atoms with Crippen LogP contribution in [0.25, 0.3) is 0 Å². The van der Waals surface area contributed by atoms with Crippen LogP contribution in [0, 0.1) is 49.4 Å². The maximum Gasteiger partial charge on any atom is 3.00 e. The fraction of sp³-hybridized carbons (Fsp3) is 0.800. The summed E-state index contributed by atoms with van der Waals surface area (Å²) in [5, 5.41) is 28.9. The average molecular weight is 455 g/mol. The molecule has 0 spiro atoms. The molecule has 0 amide bonds. The van der Waals surface area contributed by atoms with Gasteiger partial charge in [0, 0.05) is 17.9 Å². The Morgan fingerprint density at radius 1 is 0.591 bits per heavy atom. The van der Waals surface area contributed by atoms with Crippen LogP contribution in [0.2, 0.25) is 0 Å². The van der Waals surface area contributed by atoms with E-state index >= 15 is 0 Å². The predicted molar refractivity (Wildman–Crippen MR) is 73.6 cm³/mol. The van der Waals surface area contributed by atoms with Crippen molar-refractivity contribution in [1.82, 2.24) is 0 Å². The van der Waals surface area contributed by atoms with Crippen LogP contribution in [0.5, 0.6) is 0 Å². The van der Waals surface area contributed by atoms with Crippen LogP contribution in [0.1, 0.15) is 78.6 Å². The number of carbonyl (C=O) groups is 3. The number of carboxylic acids is 3. The van der Waals surface area contributed by atoms with Crippen molar-refractivity contribution in [3.05, 3.63) is 0 Å². The Hall–Kier alpha value is -0.00558. The van der Waals surface area contributed by atoms with Gasteiger partial charge in [0.15, 0.2) is 0 Å². The summed E-state index contributed by atoms with van der Waals surface area (Å²) in [6.45, 7) is 5.84. The van der Waals surface area contributed by atoms with E-state index in [9.17, 15) is 29.7 Å². The SMILES string of the molecule is CCCCC(=O)[O-].CCCCC(=O)[O-].CCCCC(=O)[O-].[Eu+3]. The summed E-state index contributed by atoms with van der Waals surface area (Å²) in [5.74, 6) is -2.83. The molecule has 0 aromatic carbocycles. The Morgan fingerprint density at radius 2 is 0.773 bits per heavy atom. The number of hydrogen-bond acceptors (Lipinski definition) is 6. The van der Waals surface area contributed by atoms with Gasteiger partial charge < -0.3 is 29.7 Å². The van der Waals surface area contributed by atoms with Crippen LogP contribution >= 0.6 is 0 Å². The summed E-state index contributed by atoms with van der Waals surface area (Å²) in [4.78, 5) is 28.9. The molecule has 0 unspecified atom stereocenters. The van der Waals surface area contributed by atoms with E-state index in [-0.39, 0.29) is 68.6 Å². The molecule has 0 radical (unpaired) electrons. The number of rotatable bonds is 9. The molecular formula is C15H27EuO6.